The number of nitrogens with one attached hydrogen (secondary N) is 1. The first-order valence-corrected chi connectivity index (χ1v) is 8.96. The van der Waals surface area contributed by atoms with Crippen LogP contribution in [0.2, 0.25) is 0 Å². The number of amides is 1. The van der Waals surface area contributed by atoms with Crippen molar-refractivity contribution in [2.75, 3.05) is 6.26 Å². The van der Waals surface area contributed by atoms with Crippen molar-refractivity contribution in [2.24, 2.45) is 0 Å². The first kappa shape index (κ1) is 16.2. The number of nitrogens with zero attached hydrogens (tertiary/aromatic N) is 2. The maximum Gasteiger partial charge on any atom is 0.276 e. The van der Waals surface area contributed by atoms with Gasteiger partial charge in [0.2, 0.25) is 0 Å². The molecule has 0 saturated heterocycles. The van der Waals surface area contributed by atoms with Crippen molar-refractivity contribution in [2.45, 2.75) is 11.4 Å². The van der Waals surface area contributed by atoms with Crippen LogP contribution in [0.1, 0.15) is 15.9 Å². The third kappa shape index (κ3) is 3.15. The Morgan fingerprint density at radius 2 is 2.08 bits per heavy atom. The molecule has 0 unspecified atom stereocenters. The van der Waals surface area contributed by atoms with Gasteiger partial charge >= 0.3 is 0 Å². The highest BCUT2D eigenvalue weighted by Crippen LogP contribution is 2.18. The van der Waals surface area contributed by atoms with Gasteiger partial charge in [0.05, 0.1) is 21.5 Å². The molecule has 2 heterocycles. The maximum atomic E-state index is 11.7. The summed E-state index contributed by atoms with van der Waals surface area (Å²) >= 11 is 0. The van der Waals surface area contributed by atoms with Crippen molar-refractivity contribution >= 4 is 26.8 Å². The van der Waals surface area contributed by atoms with Gasteiger partial charge in [0.15, 0.2) is 9.84 Å². The topological polar surface area (TPSA) is 101 Å². The number of hydroxylamine groups is 1. The fraction of sp³-hybridized carbons (Fsp3) is 0.125. The number of pyridine rings is 1. The zero-order valence-corrected chi connectivity index (χ0v) is 13.6. The SMILES string of the molecule is CS(=O)(=O)c1cccc(Cn2ccc3ncc(C(=O)NO)cc32)c1. The van der Waals surface area contributed by atoms with Gasteiger partial charge < -0.3 is 4.57 Å². The lowest BCUT2D eigenvalue weighted by molar-refractivity contribution is 0.0706. The van der Waals surface area contributed by atoms with E-state index in [2.05, 4.69) is 4.98 Å². The minimum Gasteiger partial charge on any atom is -0.342 e. The number of aromatic nitrogens is 2. The van der Waals surface area contributed by atoms with E-state index in [1.165, 1.54) is 12.5 Å². The normalized spacial score (nSPS) is 11.6. The van der Waals surface area contributed by atoms with E-state index in [1.54, 1.807) is 35.8 Å². The molecule has 0 saturated carbocycles. The van der Waals surface area contributed by atoms with Crippen molar-refractivity contribution in [1.29, 1.82) is 0 Å². The predicted octanol–water partition coefficient (Wildman–Crippen LogP) is 1.61. The van der Waals surface area contributed by atoms with Crippen LogP contribution in [0.25, 0.3) is 11.0 Å². The number of rotatable bonds is 4. The molecule has 0 fully saturated rings. The molecule has 0 aliphatic rings. The van der Waals surface area contributed by atoms with Gasteiger partial charge in [0.1, 0.15) is 0 Å². The van der Waals surface area contributed by atoms with Crippen LogP contribution in [-0.4, -0.2) is 35.3 Å². The molecule has 0 bridgehead atoms. The maximum absolute atomic E-state index is 11.7. The van der Waals surface area contributed by atoms with E-state index in [0.29, 0.717) is 17.6 Å². The molecule has 0 atom stereocenters. The van der Waals surface area contributed by atoms with Crippen LogP contribution in [0.5, 0.6) is 0 Å². The minimum atomic E-state index is -3.27. The van der Waals surface area contributed by atoms with Crippen molar-refractivity contribution in [3.63, 3.8) is 0 Å². The lowest BCUT2D eigenvalue weighted by Gasteiger charge is -2.08. The van der Waals surface area contributed by atoms with Crippen LogP contribution in [0.15, 0.2) is 53.7 Å². The lowest BCUT2D eigenvalue weighted by Crippen LogP contribution is -2.18. The summed E-state index contributed by atoms with van der Waals surface area (Å²) in [6, 6.07) is 10.1. The van der Waals surface area contributed by atoms with Gasteiger partial charge in [0, 0.05) is 25.2 Å². The van der Waals surface area contributed by atoms with Gasteiger partial charge in [-0.1, -0.05) is 12.1 Å². The van der Waals surface area contributed by atoms with E-state index in [4.69, 9.17) is 5.21 Å². The molecule has 8 heteroatoms. The quantitative estimate of drug-likeness (QED) is 0.552. The fourth-order valence-electron chi connectivity index (χ4n) is 2.46. The summed E-state index contributed by atoms with van der Waals surface area (Å²) in [4.78, 5) is 16.0. The molecule has 0 aliphatic heterocycles. The van der Waals surface area contributed by atoms with Gasteiger partial charge in [-0.15, -0.1) is 0 Å². The first-order valence-electron chi connectivity index (χ1n) is 7.07. The minimum absolute atomic E-state index is 0.231. The summed E-state index contributed by atoms with van der Waals surface area (Å²) in [5, 5.41) is 8.73. The lowest BCUT2D eigenvalue weighted by atomic mass is 10.2. The van der Waals surface area contributed by atoms with Crippen molar-refractivity contribution < 1.29 is 18.4 Å². The zero-order chi connectivity index (χ0) is 17.3. The molecule has 24 heavy (non-hydrogen) atoms. The van der Waals surface area contributed by atoms with E-state index < -0.39 is 15.7 Å². The van der Waals surface area contributed by atoms with Gasteiger partial charge in [-0.25, -0.2) is 13.9 Å². The molecule has 2 aromatic heterocycles. The molecular formula is C16H15N3O4S. The molecule has 124 valence electrons. The van der Waals surface area contributed by atoms with Gasteiger partial charge in [-0.05, 0) is 29.8 Å². The molecule has 1 aromatic carbocycles. The molecule has 2 N–H and O–H groups in total. The molecule has 3 aromatic rings. The average molecular weight is 345 g/mol. The van der Waals surface area contributed by atoms with Crippen LogP contribution in [0, 0.1) is 0 Å². The summed E-state index contributed by atoms with van der Waals surface area (Å²) in [5.41, 5.74) is 4.03. The van der Waals surface area contributed by atoms with E-state index >= 15 is 0 Å². The average Bonchev–Trinajstić information content (AvgIpc) is 2.96. The largest absolute Gasteiger partial charge is 0.342 e. The second-order valence-electron chi connectivity index (χ2n) is 5.43. The number of sulfone groups is 1. The number of benzene rings is 1. The van der Waals surface area contributed by atoms with E-state index in [9.17, 15) is 13.2 Å². The second kappa shape index (κ2) is 6.06. The molecule has 1 amide bonds. The monoisotopic (exact) mass is 345 g/mol. The highest BCUT2D eigenvalue weighted by molar-refractivity contribution is 7.90. The molecule has 0 radical (unpaired) electrons. The van der Waals surface area contributed by atoms with E-state index in [1.807, 2.05) is 16.8 Å². The number of carbonyl (C=O) groups excluding carboxylic acids is 1. The van der Waals surface area contributed by atoms with Gasteiger partial charge in [-0.3, -0.25) is 15.0 Å². The molecule has 7 nitrogen and oxygen atoms in total. The highest BCUT2D eigenvalue weighted by atomic mass is 32.2. The summed E-state index contributed by atoms with van der Waals surface area (Å²) in [6.45, 7) is 0.429. The molecule has 0 spiro atoms. The predicted molar refractivity (Wildman–Crippen MR) is 87.6 cm³/mol. The Bertz CT molecular complexity index is 1020. The summed E-state index contributed by atoms with van der Waals surface area (Å²) in [5.74, 6) is -0.642. The Labute approximate surface area is 138 Å². The summed E-state index contributed by atoms with van der Waals surface area (Å²) in [6.07, 6.45) is 4.36. The third-order valence-corrected chi connectivity index (χ3v) is 4.77. The van der Waals surface area contributed by atoms with Gasteiger partial charge in [0.25, 0.3) is 5.91 Å². The second-order valence-corrected chi connectivity index (χ2v) is 7.45. The number of hydrogen-bond donors (Lipinski definition) is 2. The van der Waals surface area contributed by atoms with E-state index in [0.717, 1.165) is 5.56 Å². The number of fused-ring (bicyclic) bond motifs is 1. The van der Waals surface area contributed by atoms with Gasteiger partial charge in [-0.2, -0.15) is 0 Å². The number of carbonyl (C=O) groups is 1. The Morgan fingerprint density at radius 3 is 2.79 bits per heavy atom. The van der Waals surface area contributed by atoms with Crippen molar-refractivity contribution in [3.8, 4) is 0 Å². The van der Waals surface area contributed by atoms with Crippen LogP contribution < -0.4 is 5.48 Å². The Hall–Kier alpha value is -2.71. The standard InChI is InChI=1S/C16H15N3O4S/c1-24(22,23)13-4-2-3-11(7-13)10-19-6-5-14-15(19)8-12(9-17-14)16(20)18-21/h2-9,21H,10H2,1H3,(H,18,20). The molecule has 3 rings (SSSR count). The smallest absolute Gasteiger partial charge is 0.276 e. The zero-order valence-electron chi connectivity index (χ0n) is 12.8. The number of hydrogen-bond acceptors (Lipinski definition) is 5. The Balaban J connectivity index is 2.00. The fourth-order valence-corrected chi connectivity index (χ4v) is 3.15. The van der Waals surface area contributed by atoms with Crippen LogP contribution in [0.3, 0.4) is 0 Å². The van der Waals surface area contributed by atoms with Crippen molar-refractivity contribution in [1.82, 2.24) is 15.0 Å². The van der Waals surface area contributed by atoms with E-state index in [-0.39, 0.29) is 10.5 Å². The third-order valence-electron chi connectivity index (χ3n) is 3.66. The summed E-state index contributed by atoms with van der Waals surface area (Å²) < 4.78 is 25.2. The first-order chi connectivity index (χ1) is 11.4. The van der Waals surface area contributed by atoms with Crippen LogP contribution >= 0.6 is 0 Å². The summed E-state index contributed by atoms with van der Waals surface area (Å²) in [7, 11) is -3.27. The van der Waals surface area contributed by atoms with Crippen molar-refractivity contribution in [3.05, 3.63) is 59.9 Å². The molecular weight excluding hydrogens is 330 g/mol. The highest BCUT2D eigenvalue weighted by Gasteiger charge is 2.11. The molecule has 0 aliphatic carbocycles. The Morgan fingerprint density at radius 1 is 1.29 bits per heavy atom. The van der Waals surface area contributed by atoms with Crippen LogP contribution in [-0.2, 0) is 16.4 Å². The Kier molecular flexibility index (Phi) is 4.08. The van der Waals surface area contributed by atoms with Crippen LogP contribution in [0.4, 0.5) is 0 Å².